The van der Waals surface area contributed by atoms with Crippen molar-refractivity contribution in [2.75, 3.05) is 19.5 Å². The summed E-state index contributed by atoms with van der Waals surface area (Å²) in [7, 11) is 3.16. The summed E-state index contributed by atoms with van der Waals surface area (Å²) in [5.74, 6) is 1.96. The number of benzene rings is 3. The van der Waals surface area contributed by atoms with Crippen LogP contribution in [-0.4, -0.2) is 30.2 Å². The molecular weight excluding hydrogens is 442 g/mol. The lowest BCUT2D eigenvalue weighted by Gasteiger charge is -2.13. The molecule has 1 heterocycles. The van der Waals surface area contributed by atoms with Crippen LogP contribution in [0.15, 0.2) is 60.9 Å². The molecule has 4 rings (SSSR count). The third-order valence-electron chi connectivity index (χ3n) is 5.06. The van der Waals surface area contributed by atoms with Gasteiger partial charge in [0.1, 0.15) is 17.9 Å². The standard InChI is InChI=1S/C25H22ClN3O4/c1-15(30)33-22-7-5-4-6-17(22)10-16-8-9-18(11-20(16)26)29-25-19-12-23(31-2)24(32-3)13-21(19)27-14-28-25/h4-9,11-14H,10H2,1-3H3,(H,27,28,29). The van der Waals surface area contributed by atoms with E-state index in [4.69, 9.17) is 25.8 Å². The summed E-state index contributed by atoms with van der Waals surface area (Å²) in [5.41, 5.74) is 3.26. The first kappa shape index (κ1) is 22.4. The van der Waals surface area contributed by atoms with Gasteiger partial charge in [-0.25, -0.2) is 9.97 Å². The van der Waals surface area contributed by atoms with Gasteiger partial charge in [0.25, 0.3) is 0 Å². The molecule has 0 bridgehead atoms. The number of aromatic nitrogens is 2. The molecule has 0 atom stereocenters. The van der Waals surface area contributed by atoms with Crippen LogP contribution in [0.25, 0.3) is 10.9 Å². The summed E-state index contributed by atoms with van der Waals surface area (Å²) in [5, 5.41) is 4.67. The number of esters is 1. The lowest BCUT2D eigenvalue weighted by atomic mass is 10.0. The van der Waals surface area contributed by atoms with Crippen LogP contribution in [0, 0.1) is 0 Å². The minimum atomic E-state index is -0.362. The van der Waals surface area contributed by atoms with Crippen LogP contribution in [0.5, 0.6) is 17.2 Å². The van der Waals surface area contributed by atoms with Gasteiger partial charge in [-0.2, -0.15) is 0 Å². The quantitative estimate of drug-likeness (QED) is 0.284. The maximum absolute atomic E-state index is 11.4. The number of hydrogen-bond acceptors (Lipinski definition) is 7. The lowest BCUT2D eigenvalue weighted by Crippen LogP contribution is -2.04. The molecule has 0 aliphatic rings. The monoisotopic (exact) mass is 463 g/mol. The molecule has 0 fully saturated rings. The van der Waals surface area contributed by atoms with E-state index >= 15 is 0 Å². The van der Waals surface area contributed by atoms with Gasteiger partial charge in [-0.05, 0) is 35.4 Å². The summed E-state index contributed by atoms with van der Waals surface area (Å²) < 4.78 is 16.1. The second kappa shape index (κ2) is 9.75. The molecule has 4 aromatic rings. The van der Waals surface area contributed by atoms with Gasteiger partial charge >= 0.3 is 5.97 Å². The molecule has 3 aromatic carbocycles. The summed E-state index contributed by atoms with van der Waals surface area (Å²) in [6.07, 6.45) is 2.01. The molecule has 7 nitrogen and oxygen atoms in total. The van der Waals surface area contributed by atoms with Crippen LogP contribution >= 0.6 is 11.6 Å². The Morgan fingerprint density at radius 1 is 0.939 bits per heavy atom. The maximum atomic E-state index is 11.4. The zero-order valence-corrected chi connectivity index (χ0v) is 19.1. The predicted molar refractivity (Wildman–Crippen MR) is 128 cm³/mol. The van der Waals surface area contributed by atoms with E-state index in [2.05, 4.69) is 15.3 Å². The first-order chi connectivity index (χ1) is 16.0. The van der Waals surface area contributed by atoms with Crippen LogP contribution in [-0.2, 0) is 11.2 Å². The van der Waals surface area contributed by atoms with E-state index in [9.17, 15) is 4.79 Å². The number of para-hydroxylation sites is 1. The second-order valence-corrected chi connectivity index (χ2v) is 7.66. The predicted octanol–water partition coefficient (Wildman–Crippen LogP) is 5.56. The topological polar surface area (TPSA) is 82.6 Å². The van der Waals surface area contributed by atoms with Gasteiger partial charge in [0.15, 0.2) is 11.5 Å². The Kier molecular flexibility index (Phi) is 6.60. The highest BCUT2D eigenvalue weighted by atomic mass is 35.5. The fraction of sp³-hybridized carbons (Fsp3) is 0.160. The Bertz CT molecular complexity index is 1330. The van der Waals surface area contributed by atoms with E-state index in [1.807, 2.05) is 42.5 Å². The molecule has 33 heavy (non-hydrogen) atoms. The molecule has 0 unspecified atom stereocenters. The molecule has 0 radical (unpaired) electrons. The van der Waals surface area contributed by atoms with Crippen molar-refractivity contribution in [3.63, 3.8) is 0 Å². The number of nitrogens with one attached hydrogen (secondary N) is 1. The largest absolute Gasteiger partial charge is 0.493 e. The van der Waals surface area contributed by atoms with E-state index < -0.39 is 0 Å². The summed E-state index contributed by atoms with van der Waals surface area (Å²) in [6.45, 7) is 1.38. The number of halogens is 1. The van der Waals surface area contributed by atoms with Gasteiger partial charge in [0.2, 0.25) is 0 Å². The van der Waals surface area contributed by atoms with Crippen molar-refractivity contribution in [1.82, 2.24) is 9.97 Å². The van der Waals surface area contributed by atoms with Crippen LogP contribution in [0.1, 0.15) is 18.1 Å². The fourth-order valence-corrected chi connectivity index (χ4v) is 3.74. The van der Waals surface area contributed by atoms with Crippen molar-refractivity contribution in [2.24, 2.45) is 0 Å². The highest BCUT2D eigenvalue weighted by Crippen LogP contribution is 2.35. The molecule has 0 aliphatic heterocycles. The van der Waals surface area contributed by atoms with Crippen LogP contribution in [0.3, 0.4) is 0 Å². The lowest BCUT2D eigenvalue weighted by molar-refractivity contribution is -0.131. The molecule has 1 N–H and O–H groups in total. The van der Waals surface area contributed by atoms with Crippen molar-refractivity contribution < 1.29 is 19.0 Å². The normalized spacial score (nSPS) is 10.7. The maximum Gasteiger partial charge on any atom is 0.308 e. The molecule has 8 heteroatoms. The van der Waals surface area contributed by atoms with Crippen molar-refractivity contribution in [3.05, 3.63) is 77.1 Å². The number of rotatable bonds is 7. The number of anilines is 2. The zero-order chi connectivity index (χ0) is 23.4. The van der Waals surface area contributed by atoms with E-state index in [-0.39, 0.29) is 5.97 Å². The SMILES string of the molecule is COc1cc2ncnc(Nc3ccc(Cc4ccccc4OC(C)=O)c(Cl)c3)c2cc1OC. The first-order valence-corrected chi connectivity index (χ1v) is 10.5. The van der Waals surface area contributed by atoms with Crippen molar-refractivity contribution in [3.8, 4) is 17.2 Å². The molecule has 0 saturated carbocycles. The molecule has 0 saturated heterocycles. The minimum Gasteiger partial charge on any atom is -0.493 e. The third kappa shape index (κ3) is 4.99. The summed E-state index contributed by atoms with van der Waals surface area (Å²) in [4.78, 5) is 20.1. The van der Waals surface area contributed by atoms with Gasteiger partial charge in [0, 0.05) is 35.5 Å². The van der Waals surface area contributed by atoms with E-state index in [1.54, 1.807) is 26.4 Å². The Morgan fingerprint density at radius 3 is 2.42 bits per heavy atom. The van der Waals surface area contributed by atoms with Gasteiger partial charge < -0.3 is 19.5 Å². The molecule has 1 aromatic heterocycles. The summed E-state index contributed by atoms with van der Waals surface area (Å²) in [6, 6.07) is 16.7. The Labute approximate surface area is 196 Å². The van der Waals surface area contributed by atoms with E-state index in [1.165, 1.54) is 13.3 Å². The number of fused-ring (bicyclic) bond motifs is 1. The van der Waals surface area contributed by atoms with Gasteiger partial charge in [-0.3, -0.25) is 4.79 Å². The fourth-order valence-electron chi connectivity index (χ4n) is 3.50. The smallest absolute Gasteiger partial charge is 0.308 e. The Morgan fingerprint density at radius 2 is 1.70 bits per heavy atom. The number of carbonyl (C=O) groups is 1. The highest BCUT2D eigenvalue weighted by Gasteiger charge is 2.13. The average Bonchev–Trinajstić information content (AvgIpc) is 2.81. The highest BCUT2D eigenvalue weighted by molar-refractivity contribution is 6.31. The van der Waals surface area contributed by atoms with Crippen LogP contribution in [0.2, 0.25) is 5.02 Å². The van der Waals surface area contributed by atoms with Crippen LogP contribution in [0.4, 0.5) is 11.5 Å². The molecule has 0 aliphatic carbocycles. The van der Waals surface area contributed by atoms with E-state index in [0.717, 1.165) is 27.7 Å². The molecule has 168 valence electrons. The second-order valence-electron chi connectivity index (χ2n) is 7.26. The van der Waals surface area contributed by atoms with Gasteiger partial charge in [-0.15, -0.1) is 0 Å². The third-order valence-corrected chi connectivity index (χ3v) is 5.42. The van der Waals surface area contributed by atoms with Crippen molar-refractivity contribution in [2.45, 2.75) is 13.3 Å². The van der Waals surface area contributed by atoms with Gasteiger partial charge in [-0.1, -0.05) is 35.9 Å². The number of methoxy groups -OCH3 is 2. The van der Waals surface area contributed by atoms with Crippen LogP contribution < -0.4 is 19.5 Å². The molecule has 0 amide bonds. The molecule has 0 spiro atoms. The first-order valence-electron chi connectivity index (χ1n) is 10.2. The van der Waals surface area contributed by atoms with E-state index in [0.29, 0.717) is 34.5 Å². The summed E-state index contributed by atoms with van der Waals surface area (Å²) >= 11 is 6.59. The molecular formula is C25H22ClN3O4. The number of carbonyl (C=O) groups excluding carboxylic acids is 1. The number of hydrogen-bond donors (Lipinski definition) is 1. The minimum absolute atomic E-state index is 0.362. The Hall–Kier alpha value is -3.84. The van der Waals surface area contributed by atoms with Gasteiger partial charge in [0.05, 0.1) is 19.7 Å². The van der Waals surface area contributed by atoms with Crippen molar-refractivity contribution in [1.29, 1.82) is 0 Å². The zero-order valence-electron chi connectivity index (χ0n) is 18.4. The average molecular weight is 464 g/mol. The van der Waals surface area contributed by atoms with Crippen molar-refractivity contribution >= 4 is 40.0 Å². The Balaban J connectivity index is 1.61. The number of nitrogens with zero attached hydrogens (tertiary/aromatic N) is 2. The number of ether oxygens (including phenoxy) is 3.